The lowest BCUT2D eigenvalue weighted by Gasteiger charge is -2.14. The van der Waals surface area contributed by atoms with Gasteiger partial charge < -0.3 is 14.4 Å². The first-order valence-electron chi connectivity index (χ1n) is 9.74. The lowest BCUT2D eigenvalue weighted by molar-refractivity contribution is 0.102. The molecule has 10 nitrogen and oxygen atoms in total. The average molecular weight is 427 g/mol. The van der Waals surface area contributed by atoms with Crippen molar-refractivity contribution in [2.75, 3.05) is 5.32 Å². The third-order valence-electron chi connectivity index (χ3n) is 5.00. The van der Waals surface area contributed by atoms with E-state index in [9.17, 15) is 9.59 Å². The zero-order valence-electron chi connectivity index (χ0n) is 16.9. The molecule has 32 heavy (non-hydrogen) atoms. The van der Waals surface area contributed by atoms with Crippen LogP contribution in [-0.4, -0.2) is 30.0 Å². The van der Waals surface area contributed by atoms with Gasteiger partial charge in [0, 0.05) is 24.7 Å². The summed E-state index contributed by atoms with van der Waals surface area (Å²) in [6, 6.07) is 11.8. The number of anilines is 1. The molecule has 0 saturated heterocycles. The number of carbonyl (C=O) groups is 1. The fourth-order valence-electron chi connectivity index (χ4n) is 3.50. The minimum Gasteiger partial charge on any atom is -0.360 e. The number of nitrogens with one attached hydrogen (secondary N) is 2. The normalized spacial score (nSPS) is 11.2. The molecule has 0 unspecified atom stereocenters. The van der Waals surface area contributed by atoms with E-state index in [4.69, 9.17) is 9.93 Å². The van der Waals surface area contributed by atoms with Crippen LogP contribution in [0.25, 0.3) is 16.7 Å². The molecule has 5 aromatic rings. The van der Waals surface area contributed by atoms with E-state index in [2.05, 4.69) is 20.4 Å². The molecular weight excluding hydrogens is 410 g/mol. The number of carbonyl (C=O) groups excluding carboxylic acids is 1. The maximum atomic E-state index is 13.2. The number of pyridine rings is 3. The van der Waals surface area contributed by atoms with Gasteiger partial charge in [0.1, 0.15) is 22.5 Å². The first-order valence-corrected chi connectivity index (χ1v) is 9.74. The van der Waals surface area contributed by atoms with Gasteiger partial charge in [-0.1, -0.05) is 17.3 Å². The van der Waals surface area contributed by atoms with E-state index in [0.717, 1.165) is 5.56 Å². The molecule has 0 aliphatic rings. The molecule has 0 fully saturated rings. The minimum atomic E-state index is -0.581. The highest BCUT2D eigenvalue weighted by Gasteiger charge is 2.18. The van der Waals surface area contributed by atoms with Crippen LogP contribution in [0.1, 0.15) is 21.7 Å². The van der Waals surface area contributed by atoms with Crippen molar-refractivity contribution in [3.8, 4) is 0 Å². The summed E-state index contributed by atoms with van der Waals surface area (Å²) in [4.78, 5) is 34.9. The highest BCUT2D eigenvalue weighted by Crippen LogP contribution is 2.14. The fraction of sp³-hybridized carbons (Fsp3) is 0.0909. The van der Waals surface area contributed by atoms with E-state index in [1.807, 2.05) is 6.07 Å². The first-order chi connectivity index (χ1) is 15.5. The van der Waals surface area contributed by atoms with E-state index < -0.39 is 5.91 Å². The Balaban J connectivity index is 1.75. The molecule has 0 aliphatic heterocycles. The van der Waals surface area contributed by atoms with Gasteiger partial charge in [-0.05, 0) is 36.8 Å². The van der Waals surface area contributed by atoms with Crippen LogP contribution in [0.15, 0.2) is 70.4 Å². The van der Waals surface area contributed by atoms with Crippen LogP contribution in [0.4, 0.5) is 5.82 Å². The Labute approximate surface area is 180 Å². The maximum absolute atomic E-state index is 13.2. The number of nitrogens with zero attached hydrogens (tertiary/aromatic N) is 5. The van der Waals surface area contributed by atoms with Crippen molar-refractivity contribution in [1.29, 1.82) is 5.41 Å². The number of hydrogen-bond donors (Lipinski definition) is 2. The SMILES string of the molecule is Cc1cc(NC(=O)c2cc3c(=O)n4ccccc4nc3n(Cc3cccnc3)c2=N)no1. The first kappa shape index (κ1) is 19.4. The second-order valence-corrected chi connectivity index (χ2v) is 7.21. The lowest BCUT2D eigenvalue weighted by Crippen LogP contribution is -2.32. The number of aromatic nitrogens is 5. The molecule has 0 spiro atoms. The number of aryl methyl sites for hydroxylation is 1. The standard InChI is InChI=1S/C22H17N7O3/c1-13-9-17(27-32-13)25-21(30)15-10-16-20(26-18-6-2-3-8-28(18)22(16)31)29(19(15)23)12-14-5-4-7-24-11-14/h2-11,23H,12H2,1H3,(H,25,27,30). The molecule has 0 saturated carbocycles. The van der Waals surface area contributed by atoms with Crippen LogP contribution in [-0.2, 0) is 6.54 Å². The van der Waals surface area contributed by atoms with Gasteiger partial charge in [0.15, 0.2) is 5.82 Å². The van der Waals surface area contributed by atoms with Crippen molar-refractivity contribution in [2.24, 2.45) is 0 Å². The summed E-state index contributed by atoms with van der Waals surface area (Å²) < 4.78 is 7.92. The van der Waals surface area contributed by atoms with Crippen LogP contribution in [0, 0.1) is 12.3 Å². The number of hydrogen-bond acceptors (Lipinski definition) is 7. The molecule has 0 bridgehead atoms. The van der Waals surface area contributed by atoms with Gasteiger partial charge in [0.2, 0.25) is 0 Å². The predicted octanol–water partition coefficient (Wildman–Crippen LogP) is 2.12. The van der Waals surface area contributed by atoms with Crippen molar-refractivity contribution in [3.05, 3.63) is 93.8 Å². The third kappa shape index (κ3) is 3.33. The quantitative estimate of drug-likeness (QED) is 0.423. The highest BCUT2D eigenvalue weighted by atomic mass is 16.5. The molecule has 0 radical (unpaired) electrons. The van der Waals surface area contributed by atoms with Gasteiger partial charge in [-0.2, -0.15) is 0 Å². The van der Waals surface area contributed by atoms with E-state index in [0.29, 0.717) is 17.1 Å². The van der Waals surface area contributed by atoms with Crippen molar-refractivity contribution in [3.63, 3.8) is 0 Å². The van der Waals surface area contributed by atoms with Crippen molar-refractivity contribution in [1.82, 2.24) is 24.1 Å². The molecular formula is C22H17N7O3. The van der Waals surface area contributed by atoms with Crippen LogP contribution in [0.3, 0.4) is 0 Å². The molecule has 0 aliphatic carbocycles. The molecule has 0 aromatic carbocycles. The summed E-state index contributed by atoms with van der Waals surface area (Å²) >= 11 is 0. The minimum absolute atomic E-state index is 0.0109. The van der Waals surface area contributed by atoms with Gasteiger partial charge in [0.25, 0.3) is 11.5 Å². The molecule has 5 aromatic heterocycles. The second kappa shape index (κ2) is 7.58. The molecule has 158 valence electrons. The van der Waals surface area contributed by atoms with Crippen molar-refractivity contribution < 1.29 is 9.32 Å². The van der Waals surface area contributed by atoms with Gasteiger partial charge in [0.05, 0.1) is 17.5 Å². The molecule has 2 N–H and O–H groups in total. The van der Waals surface area contributed by atoms with Crippen molar-refractivity contribution >= 4 is 28.4 Å². The van der Waals surface area contributed by atoms with Gasteiger partial charge in [-0.15, -0.1) is 0 Å². The van der Waals surface area contributed by atoms with E-state index in [-0.39, 0.29) is 34.4 Å². The Morgan fingerprint density at radius 1 is 1.22 bits per heavy atom. The summed E-state index contributed by atoms with van der Waals surface area (Å²) in [5.41, 5.74) is 1.13. The molecule has 10 heteroatoms. The topological polar surface area (TPSA) is 131 Å². The van der Waals surface area contributed by atoms with Crippen molar-refractivity contribution in [2.45, 2.75) is 13.5 Å². The monoisotopic (exact) mass is 427 g/mol. The Kier molecular flexibility index (Phi) is 4.59. The summed E-state index contributed by atoms with van der Waals surface area (Å²) in [6.45, 7) is 1.91. The summed E-state index contributed by atoms with van der Waals surface area (Å²) in [5.74, 6) is 0.173. The fourth-order valence-corrected chi connectivity index (χ4v) is 3.50. The summed E-state index contributed by atoms with van der Waals surface area (Å²) in [5, 5.41) is 15.3. The smallest absolute Gasteiger partial charge is 0.267 e. The lowest BCUT2D eigenvalue weighted by atomic mass is 10.1. The van der Waals surface area contributed by atoms with Gasteiger partial charge >= 0.3 is 0 Å². The molecule has 5 rings (SSSR count). The predicted molar refractivity (Wildman–Crippen MR) is 115 cm³/mol. The summed E-state index contributed by atoms with van der Waals surface area (Å²) in [6.07, 6.45) is 4.93. The van der Waals surface area contributed by atoms with Gasteiger partial charge in [-0.25, -0.2) is 4.98 Å². The van der Waals surface area contributed by atoms with Crippen LogP contribution < -0.4 is 16.4 Å². The zero-order chi connectivity index (χ0) is 22.2. The Hall–Kier alpha value is -4.60. The maximum Gasteiger partial charge on any atom is 0.267 e. The zero-order valence-corrected chi connectivity index (χ0v) is 16.9. The Bertz CT molecular complexity index is 1600. The molecule has 0 atom stereocenters. The molecule has 1 amide bonds. The summed E-state index contributed by atoms with van der Waals surface area (Å²) in [7, 11) is 0. The van der Waals surface area contributed by atoms with Gasteiger partial charge in [-0.3, -0.25) is 24.4 Å². The largest absolute Gasteiger partial charge is 0.360 e. The van der Waals surface area contributed by atoms with Crippen LogP contribution in [0.5, 0.6) is 0 Å². The van der Waals surface area contributed by atoms with Crippen LogP contribution in [0.2, 0.25) is 0 Å². The third-order valence-corrected chi connectivity index (χ3v) is 5.00. The Morgan fingerprint density at radius 3 is 2.84 bits per heavy atom. The second-order valence-electron chi connectivity index (χ2n) is 7.21. The number of rotatable bonds is 4. The van der Waals surface area contributed by atoms with Crippen LogP contribution >= 0.6 is 0 Å². The molecule has 5 heterocycles. The average Bonchev–Trinajstić information content (AvgIpc) is 3.21. The van der Waals surface area contributed by atoms with E-state index in [1.54, 1.807) is 55.8 Å². The Morgan fingerprint density at radius 2 is 2.09 bits per heavy atom. The highest BCUT2D eigenvalue weighted by molar-refractivity contribution is 6.05. The van der Waals surface area contributed by atoms with E-state index in [1.165, 1.54) is 15.0 Å². The number of amides is 1. The number of fused-ring (bicyclic) bond motifs is 2. The van der Waals surface area contributed by atoms with E-state index >= 15 is 0 Å².